The number of nitrogens with zero attached hydrogens (tertiary/aromatic N) is 1. The standard InChI is InChI=1S/C26H34N2O4/c1-19-6-5-13-28(17-19)18-21-9-7-20(8-10-21)16-27-26(29)12-11-22-14-24(31-3)25(32-4)15-23(22)30-2/h7-12,14-15,19H,5-6,13,16-18H2,1-4H3,(H,27,29)/b12-11+. The lowest BCUT2D eigenvalue weighted by molar-refractivity contribution is -0.116. The zero-order valence-corrected chi connectivity index (χ0v) is 19.5. The maximum Gasteiger partial charge on any atom is 0.244 e. The van der Waals surface area contributed by atoms with Crippen molar-refractivity contribution in [3.05, 3.63) is 59.2 Å². The number of carbonyl (C=O) groups is 1. The molecule has 0 bridgehead atoms. The number of amides is 1. The van der Waals surface area contributed by atoms with Crippen molar-refractivity contribution in [3.8, 4) is 17.2 Å². The van der Waals surface area contributed by atoms with Crippen LogP contribution in [0.1, 0.15) is 36.5 Å². The molecule has 0 radical (unpaired) electrons. The molecule has 1 aliphatic heterocycles. The Labute approximate surface area is 191 Å². The first kappa shape index (κ1) is 23.7. The molecule has 2 aromatic rings. The van der Waals surface area contributed by atoms with Gasteiger partial charge < -0.3 is 19.5 Å². The molecule has 1 atom stereocenters. The third kappa shape index (κ3) is 6.50. The van der Waals surface area contributed by atoms with Gasteiger partial charge in [-0.15, -0.1) is 0 Å². The minimum Gasteiger partial charge on any atom is -0.496 e. The van der Waals surface area contributed by atoms with Crippen molar-refractivity contribution in [1.29, 1.82) is 0 Å². The summed E-state index contributed by atoms with van der Waals surface area (Å²) in [5, 5.41) is 2.93. The largest absolute Gasteiger partial charge is 0.496 e. The summed E-state index contributed by atoms with van der Waals surface area (Å²) in [6.07, 6.45) is 5.82. The first-order valence-electron chi connectivity index (χ1n) is 11.1. The van der Waals surface area contributed by atoms with Gasteiger partial charge in [0.1, 0.15) is 5.75 Å². The van der Waals surface area contributed by atoms with Crippen LogP contribution in [0.4, 0.5) is 0 Å². The monoisotopic (exact) mass is 438 g/mol. The number of rotatable bonds is 9. The highest BCUT2D eigenvalue weighted by Crippen LogP contribution is 2.35. The molecule has 1 N–H and O–H groups in total. The molecular weight excluding hydrogens is 404 g/mol. The summed E-state index contributed by atoms with van der Waals surface area (Å²) in [7, 11) is 4.72. The molecule has 0 aliphatic carbocycles. The molecule has 1 unspecified atom stereocenters. The van der Waals surface area contributed by atoms with E-state index in [1.807, 2.05) is 0 Å². The van der Waals surface area contributed by atoms with E-state index in [-0.39, 0.29) is 5.91 Å². The minimum absolute atomic E-state index is 0.173. The quantitative estimate of drug-likeness (QED) is 0.593. The zero-order chi connectivity index (χ0) is 22.9. The van der Waals surface area contributed by atoms with E-state index >= 15 is 0 Å². The van der Waals surface area contributed by atoms with Crippen molar-refractivity contribution >= 4 is 12.0 Å². The van der Waals surface area contributed by atoms with Crippen molar-refractivity contribution < 1.29 is 19.0 Å². The fourth-order valence-electron chi connectivity index (χ4n) is 4.05. The van der Waals surface area contributed by atoms with Gasteiger partial charge in [0, 0.05) is 37.3 Å². The van der Waals surface area contributed by atoms with Crippen LogP contribution in [0.2, 0.25) is 0 Å². The molecule has 6 heteroatoms. The van der Waals surface area contributed by atoms with Gasteiger partial charge in [0.25, 0.3) is 0 Å². The highest BCUT2D eigenvalue weighted by atomic mass is 16.5. The fourth-order valence-corrected chi connectivity index (χ4v) is 4.05. The van der Waals surface area contributed by atoms with Gasteiger partial charge in [0.15, 0.2) is 11.5 Å². The van der Waals surface area contributed by atoms with Crippen LogP contribution >= 0.6 is 0 Å². The van der Waals surface area contributed by atoms with Crippen LogP contribution in [-0.4, -0.2) is 45.2 Å². The fraction of sp³-hybridized carbons (Fsp3) is 0.423. The topological polar surface area (TPSA) is 60.0 Å². The molecule has 0 saturated carbocycles. The van der Waals surface area contributed by atoms with Gasteiger partial charge in [0.2, 0.25) is 5.91 Å². The van der Waals surface area contributed by atoms with E-state index in [1.54, 1.807) is 39.5 Å². The maximum atomic E-state index is 12.3. The van der Waals surface area contributed by atoms with E-state index in [1.165, 1.54) is 37.6 Å². The van der Waals surface area contributed by atoms with E-state index < -0.39 is 0 Å². The minimum atomic E-state index is -0.173. The predicted octanol–water partition coefficient (Wildman–Crippen LogP) is 4.27. The van der Waals surface area contributed by atoms with Gasteiger partial charge in [-0.2, -0.15) is 0 Å². The lowest BCUT2D eigenvalue weighted by Gasteiger charge is -2.30. The molecule has 1 saturated heterocycles. The van der Waals surface area contributed by atoms with Crippen molar-refractivity contribution in [2.24, 2.45) is 5.92 Å². The number of hydrogen-bond acceptors (Lipinski definition) is 5. The Hall–Kier alpha value is -2.99. The first-order chi connectivity index (χ1) is 15.5. The van der Waals surface area contributed by atoms with Crippen LogP contribution in [0, 0.1) is 5.92 Å². The first-order valence-corrected chi connectivity index (χ1v) is 11.1. The summed E-state index contributed by atoms with van der Waals surface area (Å²) in [5.41, 5.74) is 3.12. The number of benzene rings is 2. The van der Waals surface area contributed by atoms with Crippen LogP contribution in [0.15, 0.2) is 42.5 Å². The highest BCUT2D eigenvalue weighted by molar-refractivity contribution is 5.92. The van der Waals surface area contributed by atoms with Crippen molar-refractivity contribution in [2.75, 3.05) is 34.4 Å². The molecule has 172 valence electrons. The van der Waals surface area contributed by atoms with Crippen molar-refractivity contribution in [2.45, 2.75) is 32.9 Å². The second-order valence-electron chi connectivity index (χ2n) is 8.30. The molecule has 1 amide bonds. The Kier molecular flexibility index (Phi) is 8.56. The molecule has 2 aromatic carbocycles. The lowest BCUT2D eigenvalue weighted by Crippen LogP contribution is -2.33. The van der Waals surface area contributed by atoms with E-state index in [0.717, 1.165) is 23.6 Å². The normalized spacial score (nSPS) is 16.7. The lowest BCUT2D eigenvalue weighted by atomic mass is 9.99. The zero-order valence-electron chi connectivity index (χ0n) is 19.5. The summed E-state index contributed by atoms with van der Waals surface area (Å²) in [4.78, 5) is 14.9. The third-order valence-corrected chi connectivity index (χ3v) is 5.79. The molecule has 32 heavy (non-hydrogen) atoms. The maximum absolute atomic E-state index is 12.3. The van der Waals surface area contributed by atoms with Crippen LogP contribution in [0.5, 0.6) is 17.2 Å². The molecule has 6 nitrogen and oxygen atoms in total. The SMILES string of the molecule is COc1cc(OC)c(OC)cc1/C=C/C(=O)NCc1ccc(CN2CCCC(C)C2)cc1. The van der Waals surface area contributed by atoms with Gasteiger partial charge in [0.05, 0.1) is 21.3 Å². The number of methoxy groups -OCH3 is 3. The molecule has 3 rings (SSSR count). The summed E-state index contributed by atoms with van der Waals surface area (Å²) < 4.78 is 16.0. The van der Waals surface area contributed by atoms with Gasteiger partial charge in [-0.25, -0.2) is 0 Å². The van der Waals surface area contributed by atoms with E-state index in [4.69, 9.17) is 14.2 Å². The average molecular weight is 439 g/mol. The smallest absolute Gasteiger partial charge is 0.244 e. The molecule has 1 aliphatic rings. The van der Waals surface area contributed by atoms with E-state index in [2.05, 4.69) is 41.4 Å². The number of carbonyl (C=O) groups excluding carboxylic acids is 1. The average Bonchev–Trinajstić information content (AvgIpc) is 2.81. The van der Waals surface area contributed by atoms with Crippen LogP contribution < -0.4 is 19.5 Å². The van der Waals surface area contributed by atoms with Crippen LogP contribution in [0.3, 0.4) is 0 Å². The number of ether oxygens (including phenoxy) is 3. The Bertz CT molecular complexity index is 924. The molecular formula is C26H34N2O4. The summed E-state index contributed by atoms with van der Waals surface area (Å²) in [5.74, 6) is 2.36. The van der Waals surface area contributed by atoms with Gasteiger partial charge in [-0.3, -0.25) is 9.69 Å². The van der Waals surface area contributed by atoms with Crippen LogP contribution in [0.25, 0.3) is 6.08 Å². The van der Waals surface area contributed by atoms with Crippen molar-refractivity contribution in [1.82, 2.24) is 10.2 Å². The van der Waals surface area contributed by atoms with Crippen molar-refractivity contribution in [3.63, 3.8) is 0 Å². The highest BCUT2D eigenvalue weighted by Gasteiger charge is 2.16. The Morgan fingerprint density at radius 1 is 1.03 bits per heavy atom. The van der Waals surface area contributed by atoms with Crippen LogP contribution in [-0.2, 0) is 17.9 Å². The Morgan fingerprint density at radius 2 is 1.69 bits per heavy atom. The molecule has 0 spiro atoms. The number of nitrogens with one attached hydrogen (secondary N) is 1. The Morgan fingerprint density at radius 3 is 2.34 bits per heavy atom. The predicted molar refractivity (Wildman–Crippen MR) is 127 cm³/mol. The third-order valence-electron chi connectivity index (χ3n) is 5.79. The number of likely N-dealkylation sites (tertiary alicyclic amines) is 1. The second kappa shape index (κ2) is 11.6. The number of piperidine rings is 1. The summed E-state index contributed by atoms with van der Waals surface area (Å²) in [6.45, 7) is 6.15. The van der Waals surface area contributed by atoms with E-state index in [0.29, 0.717) is 23.8 Å². The van der Waals surface area contributed by atoms with Gasteiger partial charge in [-0.05, 0) is 48.6 Å². The Balaban J connectivity index is 1.54. The summed E-state index contributed by atoms with van der Waals surface area (Å²) >= 11 is 0. The summed E-state index contributed by atoms with van der Waals surface area (Å²) in [6, 6.07) is 12.0. The number of hydrogen-bond donors (Lipinski definition) is 1. The molecule has 0 aromatic heterocycles. The molecule has 1 heterocycles. The van der Waals surface area contributed by atoms with E-state index in [9.17, 15) is 4.79 Å². The molecule has 1 fully saturated rings. The van der Waals surface area contributed by atoms with Gasteiger partial charge >= 0.3 is 0 Å². The van der Waals surface area contributed by atoms with Gasteiger partial charge in [-0.1, -0.05) is 31.2 Å². The second-order valence-corrected chi connectivity index (χ2v) is 8.30.